The molecule has 0 amide bonds. The predicted molar refractivity (Wildman–Crippen MR) is 159 cm³/mol. The van der Waals surface area contributed by atoms with Gasteiger partial charge in [0.05, 0.1) is 0 Å². The molecule has 4 heterocycles. The van der Waals surface area contributed by atoms with Crippen LogP contribution in [0.5, 0.6) is 0 Å². The van der Waals surface area contributed by atoms with Gasteiger partial charge < -0.3 is 0 Å². The number of hydrogen-bond donors (Lipinski definition) is 0. The summed E-state index contributed by atoms with van der Waals surface area (Å²) in [7, 11) is 0. The van der Waals surface area contributed by atoms with E-state index < -0.39 is 0 Å². The van der Waals surface area contributed by atoms with E-state index in [4.69, 9.17) is 0 Å². The molecule has 0 aliphatic carbocycles. The Balaban J connectivity index is 1.26. The van der Waals surface area contributed by atoms with Crippen molar-refractivity contribution in [3.63, 3.8) is 0 Å². The summed E-state index contributed by atoms with van der Waals surface area (Å²) in [6.07, 6.45) is 13.9. The van der Waals surface area contributed by atoms with Crippen LogP contribution in [0.1, 0.15) is 43.0 Å². The largest absolute Gasteiger partial charge is 0.298 e. The highest BCUT2D eigenvalue weighted by Crippen LogP contribution is 2.31. The highest BCUT2D eigenvalue weighted by atomic mass is 32.1. The Morgan fingerprint density at radius 2 is 1.26 bits per heavy atom. The van der Waals surface area contributed by atoms with Gasteiger partial charge in [-0.05, 0) is 45.1 Å². The van der Waals surface area contributed by atoms with E-state index >= 15 is 0 Å². The molecule has 6 rings (SSSR count). The minimum absolute atomic E-state index is 0.723. The molecule has 0 radical (unpaired) electrons. The van der Waals surface area contributed by atoms with E-state index in [-0.39, 0.29) is 0 Å². The second-order valence-electron chi connectivity index (χ2n) is 8.74. The summed E-state index contributed by atoms with van der Waals surface area (Å²) in [5.41, 5.74) is 7.47. The summed E-state index contributed by atoms with van der Waals surface area (Å²) < 4.78 is 2.02. The number of fused-ring (bicyclic) bond motifs is 2. The summed E-state index contributed by atoms with van der Waals surface area (Å²) >= 11 is 3.17. The normalized spacial score (nSPS) is 11.7. The lowest BCUT2D eigenvalue weighted by Gasteiger charge is -1.99. The molecule has 6 aromatic rings. The molecule has 0 spiro atoms. The third kappa shape index (κ3) is 4.63. The van der Waals surface area contributed by atoms with E-state index in [1.807, 2.05) is 60.9 Å². The number of aldehydes is 2. The van der Waals surface area contributed by atoms with Crippen molar-refractivity contribution in [2.45, 2.75) is 0 Å². The molecule has 0 saturated carbocycles. The minimum Gasteiger partial charge on any atom is -0.298 e. The molecule has 4 nitrogen and oxygen atoms in total. The zero-order chi connectivity index (χ0) is 25.9. The Kier molecular flexibility index (Phi) is 6.56. The van der Waals surface area contributed by atoms with Gasteiger partial charge in [-0.15, -0.1) is 22.7 Å². The van der Waals surface area contributed by atoms with Crippen LogP contribution < -0.4 is 4.98 Å². The Labute approximate surface area is 227 Å². The summed E-state index contributed by atoms with van der Waals surface area (Å²) in [5, 5.41) is 6.33. The maximum absolute atomic E-state index is 11.3. The van der Waals surface area contributed by atoms with Crippen LogP contribution in [-0.2, 0) is 0 Å². The number of benzene rings is 2. The molecule has 38 heavy (non-hydrogen) atoms. The average Bonchev–Trinajstić information content (AvgIpc) is 3.59. The van der Waals surface area contributed by atoms with Gasteiger partial charge >= 0.3 is 0 Å². The van der Waals surface area contributed by atoms with Crippen LogP contribution in [-0.4, -0.2) is 17.6 Å². The predicted octanol–water partition coefficient (Wildman–Crippen LogP) is 7.96. The lowest BCUT2D eigenvalue weighted by atomic mass is 10.1. The second-order valence-corrected chi connectivity index (χ2v) is 10.5. The molecule has 0 saturated heterocycles. The molecular formula is C32H21N2O2S2+. The van der Waals surface area contributed by atoms with E-state index in [1.165, 1.54) is 0 Å². The van der Waals surface area contributed by atoms with Crippen molar-refractivity contribution in [2.75, 3.05) is 0 Å². The Bertz CT molecular complexity index is 1740. The van der Waals surface area contributed by atoms with Gasteiger partial charge in [0.15, 0.2) is 18.8 Å². The van der Waals surface area contributed by atoms with Crippen LogP contribution in [0.4, 0.5) is 0 Å². The topological polar surface area (TPSA) is 61.2 Å². The van der Waals surface area contributed by atoms with Crippen molar-refractivity contribution in [2.24, 2.45) is 0 Å². The van der Waals surface area contributed by atoms with E-state index in [0.29, 0.717) is 0 Å². The lowest BCUT2D eigenvalue weighted by Crippen LogP contribution is -2.06. The van der Waals surface area contributed by atoms with Crippen LogP contribution in [0, 0.1) is 0 Å². The fourth-order valence-corrected chi connectivity index (χ4v) is 6.48. The molecule has 0 unspecified atom stereocenters. The summed E-state index contributed by atoms with van der Waals surface area (Å²) in [4.78, 5) is 30.6. The maximum Gasteiger partial charge on any atom is 0.230 e. The zero-order valence-corrected chi connectivity index (χ0v) is 21.8. The third-order valence-corrected chi connectivity index (χ3v) is 8.50. The monoisotopic (exact) mass is 529 g/mol. The SMILES string of the molecule is O=Cc1cccc2c(/C=C/c3ccnc(-c4cc(/C=C/c5csc6c(C=O)cccc56)cc[nH+]4)c3)csc12. The number of aromatic amines is 1. The molecule has 6 heteroatoms. The van der Waals surface area contributed by atoms with Gasteiger partial charge in [-0.25, -0.2) is 9.97 Å². The van der Waals surface area contributed by atoms with Gasteiger partial charge in [0.1, 0.15) is 5.69 Å². The number of carbonyl (C=O) groups excluding carboxylic acids is 2. The van der Waals surface area contributed by atoms with Gasteiger partial charge in [-0.2, -0.15) is 0 Å². The van der Waals surface area contributed by atoms with Crippen LogP contribution in [0.15, 0.2) is 83.8 Å². The number of nitrogens with zero attached hydrogens (tertiary/aromatic N) is 1. The lowest BCUT2D eigenvalue weighted by molar-refractivity contribution is -0.364. The van der Waals surface area contributed by atoms with Gasteiger partial charge in [0.25, 0.3) is 0 Å². The molecule has 4 aromatic heterocycles. The zero-order valence-electron chi connectivity index (χ0n) is 20.1. The fourth-order valence-electron chi connectivity index (χ4n) is 4.45. The molecular weight excluding hydrogens is 508 g/mol. The molecule has 0 aliphatic heterocycles. The molecule has 0 fully saturated rings. The number of thiophene rings is 2. The van der Waals surface area contributed by atoms with E-state index in [2.05, 4.69) is 57.2 Å². The number of pyridine rings is 2. The van der Waals surface area contributed by atoms with Crippen LogP contribution in [0.2, 0.25) is 0 Å². The first-order chi connectivity index (χ1) is 18.7. The van der Waals surface area contributed by atoms with Crippen molar-refractivity contribution in [3.8, 4) is 11.4 Å². The van der Waals surface area contributed by atoms with Crippen molar-refractivity contribution < 1.29 is 14.6 Å². The first kappa shape index (κ1) is 23.9. The van der Waals surface area contributed by atoms with Crippen molar-refractivity contribution >= 4 is 79.7 Å². The Morgan fingerprint density at radius 1 is 0.658 bits per heavy atom. The van der Waals surface area contributed by atoms with Crippen molar-refractivity contribution in [1.82, 2.24) is 4.98 Å². The van der Waals surface area contributed by atoms with E-state index in [1.54, 1.807) is 22.7 Å². The van der Waals surface area contributed by atoms with Crippen molar-refractivity contribution in [3.05, 3.63) is 117 Å². The number of nitrogens with one attached hydrogen (secondary N) is 1. The quantitative estimate of drug-likeness (QED) is 0.197. The van der Waals surface area contributed by atoms with Gasteiger partial charge in [-0.3, -0.25) is 9.59 Å². The number of carbonyl (C=O) groups is 2. The third-order valence-electron chi connectivity index (χ3n) is 6.37. The standard InChI is InChI=1S/C32H20N2O2S2/c35-17-23-3-1-5-27-25(19-37-31(23)27)9-7-21-11-13-33-29(15-21)30-16-22(12-14-34-30)8-10-26-20-38-32-24(18-36)4-2-6-28(26)32/h1-20H/p+1/b9-7+,10-8+. The molecule has 0 bridgehead atoms. The molecule has 0 atom stereocenters. The number of hydrogen-bond acceptors (Lipinski definition) is 5. The fraction of sp³-hybridized carbons (Fsp3) is 0. The summed E-state index contributed by atoms with van der Waals surface area (Å²) in [6, 6.07) is 19.7. The second kappa shape index (κ2) is 10.5. The molecule has 2 aromatic carbocycles. The molecule has 182 valence electrons. The molecule has 0 aliphatic rings. The molecule has 1 N–H and O–H groups in total. The van der Waals surface area contributed by atoms with E-state index in [0.717, 1.165) is 77.5 Å². The van der Waals surface area contributed by atoms with Crippen LogP contribution in [0.3, 0.4) is 0 Å². The Morgan fingerprint density at radius 3 is 1.87 bits per heavy atom. The summed E-state index contributed by atoms with van der Waals surface area (Å²) in [5.74, 6) is 0. The maximum atomic E-state index is 11.3. The number of H-pyrrole nitrogens is 1. The van der Waals surface area contributed by atoms with Gasteiger partial charge in [0.2, 0.25) is 5.69 Å². The minimum atomic E-state index is 0.723. The highest BCUT2D eigenvalue weighted by molar-refractivity contribution is 7.18. The number of rotatable bonds is 7. The van der Waals surface area contributed by atoms with E-state index in [9.17, 15) is 9.59 Å². The number of aromatic nitrogens is 2. The highest BCUT2D eigenvalue weighted by Gasteiger charge is 2.10. The average molecular weight is 530 g/mol. The first-order valence-corrected chi connectivity index (χ1v) is 13.7. The summed E-state index contributed by atoms with van der Waals surface area (Å²) in [6.45, 7) is 0. The smallest absolute Gasteiger partial charge is 0.230 e. The Hall–Kier alpha value is -4.52. The van der Waals surface area contributed by atoms with Gasteiger partial charge in [0, 0.05) is 49.6 Å². The van der Waals surface area contributed by atoms with Gasteiger partial charge in [-0.1, -0.05) is 60.7 Å². The van der Waals surface area contributed by atoms with Crippen LogP contribution in [0.25, 0.3) is 55.9 Å². The van der Waals surface area contributed by atoms with Crippen molar-refractivity contribution in [1.29, 1.82) is 0 Å². The first-order valence-electron chi connectivity index (χ1n) is 12.0. The van der Waals surface area contributed by atoms with Crippen LogP contribution >= 0.6 is 22.7 Å².